The van der Waals surface area contributed by atoms with Gasteiger partial charge in [-0.1, -0.05) is 23.7 Å². The van der Waals surface area contributed by atoms with E-state index in [2.05, 4.69) is 5.32 Å². The highest BCUT2D eigenvalue weighted by atomic mass is 35.5. The standard InChI is InChI=1S/C14H18ClN3O2/c15-12-3-1-10(2-4-12)7-11-5-6-18(9-11)13(19)8-17-14(16)20/h1-4,11H,5-9H2,(H3,16,17,20). The third-order valence-electron chi connectivity index (χ3n) is 3.49. The molecular formula is C14H18ClN3O2. The maximum atomic E-state index is 11.8. The Labute approximate surface area is 123 Å². The number of hydrogen-bond acceptors (Lipinski definition) is 2. The van der Waals surface area contributed by atoms with Crippen molar-refractivity contribution >= 4 is 23.5 Å². The summed E-state index contributed by atoms with van der Waals surface area (Å²) in [4.78, 5) is 24.2. The molecule has 5 nitrogen and oxygen atoms in total. The van der Waals surface area contributed by atoms with E-state index in [1.165, 1.54) is 5.56 Å². The van der Waals surface area contributed by atoms with E-state index in [4.69, 9.17) is 17.3 Å². The average Bonchev–Trinajstić information content (AvgIpc) is 2.87. The van der Waals surface area contributed by atoms with E-state index in [9.17, 15) is 9.59 Å². The molecule has 0 aromatic heterocycles. The van der Waals surface area contributed by atoms with E-state index in [0.717, 1.165) is 31.0 Å². The van der Waals surface area contributed by atoms with Gasteiger partial charge in [0.1, 0.15) is 0 Å². The van der Waals surface area contributed by atoms with Crippen molar-refractivity contribution < 1.29 is 9.59 Å². The number of amides is 3. The Morgan fingerprint density at radius 3 is 2.70 bits per heavy atom. The molecule has 0 saturated carbocycles. The Balaban J connectivity index is 1.81. The van der Waals surface area contributed by atoms with Gasteiger partial charge in [-0.3, -0.25) is 4.79 Å². The number of primary amides is 1. The third-order valence-corrected chi connectivity index (χ3v) is 3.74. The van der Waals surface area contributed by atoms with Gasteiger partial charge in [0.25, 0.3) is 0 Å². The molecule has 1 aromatic rings. The zero-order chi connectivity index (χ0) is 14.5. The second-order valence-corrected chi connectivity index (χ2v) is 5.48. The van der Waals surface area contributed by atoms with E-state index in [0.29, 0.717) is 5.92 Å². The van der Waals surface area contributed by atoms with Gasteiger partial charge < -0.3 is 16.0 Å². The molecule has 1 aliphatic rings. The van der Waals surface area contributed by atoms with Crippen molar-refractivity contribution in [3.63, 3.8) is 0 Å². The maximum Gasteiger partial charge on any atom is 0.312 e. The summed E-state index contributed by atoms with van der Waals surface area (Å²) in [6.07, 6.45) is 1.91. The third kappa shape index (κ3) is 4.13. The molecule has 0 spiro atoms. The molecule has 3 amide bonds. The number of hydrogen-bond donors (Lipinski definition) is 2. The fourth-order valence-electron chi connectivity index (χ4n) is 2.45. The summed E-state index contributed by atoms with van der Waals surface area (Å²) in [5.41, 5.74) is 6.18. The first-order valence-electron chi connectivity index (χ1n) is 6.60. The lowest BCUT2D eigenvalue weighted by Crippen LogP contribution is -2.41. The molecule has 1 heterocycles. The molecule has 1 aromatic carbocycles. The lowest BCUT2D eigenvalue weighted by Gasteiger charge is -2.16. The number of carbonyl (C=O) groups is 2. The highest BCUT2D eigenvalue weighted by Crippen LogP contribution is 2.21. The fraction of sp³-hybridized carbons (Fsp3) is 0.429. The SMILES string of the molecule is NC(=O)NCC(=O)N1CCC(Cc2ccc(Cl)cc2)C1. The van der Waals surface area contributed by atoms with Crippen molar-refractivity contribution in [1.29, 1.82) is 0 Å². The molecule has 0 radical (unpaired) electrons. The number of nitrogens with one attached hydrogen (secondary N) is 1. The predicted molar refractivity (Wildman–Crippen MR) is 77.4 cm³/mol. The van der Waals surface area contributed by atoms with Crippen LogP contribution in [0.25, 0.3) is 0 Å². The minimum Gasteiger partial charge on any atom is -0.352 e. The van der Waals surface area contributed by atoms with E-state index in [1.807, 2.05) is 24.3 Å². The van der Waals surface area contributed by atoms with Crippen molar-refractivity contribution in [2.45, 2.75) is 12.8 Å². The molecule has 1 atom stereocenters. The lowest BCUT2D eigenvalue weighted by molar-refractivity contribution is -0.129. The van der Waals surface area contributed by atoms with Crippen LogP contribution in [-0.4, -0.2) is 36.5 Å². The number of nitrogens with zero attached hydrogens (tertiary/aromatic N) is 1. The van der Waals surface area contributed by atoms with E-state index in [-0.39, 0.29) is 12.5 Å². The molecule has 3 N–H and O–H groups in total. The number of benzene rings is 1. The van der Waals surface area contributed by atoms with Crippen LogP contribution in [0, 0.1) is 5.92 Å². The monoisotopic (exact) mass is 295 g/mol. The predicted octanol–water partition coefficient (Wildman–Crippen LogP) is 1.40. The van der Waals surface area contributed by atoms with Gasteiger partial charge in [-0.05, 0) is 36.5 Å². The zero-order valence-corrected chi connectivity index (χ0v) is 11.9. The highest BCUT2D eigenvalue weighted by molar-refractivity contribution is 6.30. The minimum absolute atomic E-state index is 0.0248. The Morgan fingerprint density at radius 1 is 1.35 bits per heavy atom. The van der Waals surface area contributed by atoms with Crippen LogP contribution in [0.5, 0.6) is 0 Å². The summed E-state index contributed by atoms with van der Waals surface area (Å²) in [5.74, 6) is 0.371. The summed E-state index contributed by atoms with van der Waals surface area (Å²) < 4.78 is 0. The van der Waals surface area contributed by atoms with Crippen molar-refractivity contribution in [3.05, 3.63) is 34.9 Å². The van der Waals surface area contributed by atoms with Crippen molar-refractivity contribution in [1.82, 2.24) is 10.2 Å². The Bertz CT molecular complexity index is 490. The van der Waals surface area contributed by atoms with Gasteiger partial charge in [-0.25, -0.2) is 4.79 Å². The van der Waals surface area contributed by atoms with Crippen LogP contribution < -0.4 is 11.1 Å². The smallest absolute Gasteiger partial charge is 0.312 e. The fourth-order valence-corrected chi connectivity index (χ4v) is 2.58. The number of halogens is 1. The highest BCUT2D eigenvalue weighted by Gasteiger charge is 2.26. The molecule has 1 aliphatic heterocycles. The first kappa shape index (κ1) is 14.7. The van der Waals surface area contributed by atoms with Crippen molar-refractivity contribution in [2.24, 2.45) is 11.7 Å². The van der Waals surface area contributed by atoms with Crippen LogP contribution in [0.1, 0.15) is 12.0 Å². The van der Waals surface area contributed by atoms with Crippen LogP contribution in [0.3, 0.4) is 0 Å². The summed E-state index contributed by atoms with van der Waals surface area (Å²) in [6, 6.07) is 7.12. The summed E-state index contributed by atoms with van der Waals surface area (Å²) in [7, 11) is 0. The number of carbonyl (C=O) groups excluding carboxylic acids is 2. The van der Waals surface area contributed by atoms with E-state index < -0.39 is 6.03 Å². The van der Waals surface area contributed by atoms with Gasteiger partial charge in [0.2, 0.25) is 5.91 Å². The molecule has 1 fully saturated rings. The minimum atomic E-state index is -0.671. The van der Waals surface area contributed by atoms with Gasteiger partial charge >= 0.3 is 6.03 Å². The second-order valence-electron chi connectivity index (χ2n) is 5.04. The molecule has 1 saturated heterocycles. The number of nitrogens with two attached hydrogens (primary N) is 1. The largest absolute Gasteiger partial charge is 0.352 e. The summed E-state index contributed by atoms with van der Waals surface area (Å²) >= 11 is 5.86. The van der Waals surface area contributed by atoms with Crippen LogP contribution in [0.15, 0.2) is 24.3 Å². The molecule has 2 rings (SSSR count). The van der Waals surface area contributed by atoms with Gasteiger partial charge in [0, 0.05) is 18.1 Å². The van der Waals surface area contributed by atoms with E-state index >= 15 is 0 Å². The molecule has 108 valence electrons. The van der Waals surface area contributed by atoms with Crippen LogP contribution in [0.4, 0.5) is 4.79 Å². The lowest BCUT2D eigenvalue weighted by atomic mass is 9.99. The number of urea groups is 1. The molecule has 20 heavy (non-hydrogen) atoms. The van der Waals surface area contributed by atoms with Crippen LogP contribution in [0.2, 0.25) is 5.02 Å². The molecule has 0 bridgehead atoms. The normalized spacial score (nSPS) is 18.1. The Kier molecular flexibility index (Phi) is 4.84. The van der Waals surface area contributed by atoms with Crippen LogP contribution in [-0.2, 0) is 11.2 Å². The first-order chi connectivity index (χ1) is 9.54. The quantitative estimate of drug-likeness (QED) is 0.881. The van der Waals surface area contributed by atoms with Gasteiger partial charge in [0.15, 0.2) is 0 Å². The van der Waals surface area contributed by atoms with Crippen molar-refractivity contribution in [2.75, 3.05) is 19.6 Å². The second kappa shape index (κ2) is 6.61. The van der Waals surface area contributed by atoms with Crippen molar-refractivity contribution in [3.8, 4) is 0 Å². The average molecular weight is 296 g/mol. The van der Waals surface area contributed by atoms with Crippen LogP contribution >= 0.6 is 11.6 Å². The van der Waals surface area contributed by atoms with Gasteiger partial charge in [-0.2, -0.15) is 0 Å². The summed E-state index contributed by atoms with van der Waals surface area (Å²) in [6.45, 7) is 1.43. The maximum absolute atomic E-state index is 11.8. The molecule has 1 unspecified atom stereocenters. The number of rotatable bonds is 4. The summed E-state index contributed by atoms with van der Waals surface area (Å²) in [5, 5.41) is 3.06. The molecular weight excluding hydrogens is 278 g/mol. The van der Waals surface area contributed by atoms with E-state index in [1.54, 1.807) is 4.90 Å². The Morgan fingerprint density at radius 2 is 2.05 bits per heavy atom. The topological polar surface area (TPSA) is 75.4 Å². The van der Waals surface area contributed by atoms with Gasteiger partial charge in [0.05, 0.1) is 6.54 Å². The molecule has 6 heteroatoms. The molecule has 0 aliphatic carbocycles. The number of likely N-dealkylation sites (tertiary alicyclic amines) is 1. The van der Waals surface area contributed by atoms with Gasteiger partial charge in [-0.15, -0.1) is 0 Å². The Hall–Kier alpha value is -1.75. The first-order valence-corrected chi connectivity index (χ1v) is 6.98. The zero-order valence-electron chi connectivity index (χ0n) is 11.1.